The van der Waals surface area contributed by atoms with Gasteiger partial charge in [0.05, 0.1) is 29.1 Å². The molecular weight excluding hydrogens is 691 g/mol. The third-order valence-corrected chi connectivity index (χ3v) is 10.8. The van der Waals surface area contributed by atoms with Crippen molar-refractivity contribution in [1.29, 1.82) is 0 Å². The normalized spacial score (nSPS) is 24.2. The number of ether oxygens (including phenoxy) is 3. The molecule has 0 amide bonds. The van der Waals surface area contributed by atoms with Gasteiger partial charge in [-0.25, -0.2) is 19.0 Å². The number of hydrogen-bond donors (Lipinski definition) is 0. The average molecular weight is 736 g/mol. The highest BCUT2D eigenvalue weighted by molar-refractivity contribution is 6.33. The molecule has 2 aromatic heterocycles. The Morgan fingerprint density at radius 1 is 0.980 bits per heavy atom. The number of nitrogens with zero attached hydrogens (tertiary/aromatic N) is 8. The lowest BCUT2D eigenvalue weighted by atomic mass is 9.83. The SMILES string of the molecule is CCC(C)n1ncn(-c2ccc(N3CCN(c4ccc(OC[C@H]5COC(C6C=CC(Cl)=CC6(Cl)CCCn6cncn6)O5)cc4)CC3)cc2)c1=O. The van der Waals surface area contributed by atoms with E-state index in [4.69, 9.17) is 37.4 Å². The maximum Gasteiger partial charge on any atom is 0.350 e. The molecule has 0 radical (unpaired) electrons. The Labute approximate surface area is 307 Å². The van der Waals surface area contributed by atoms with E-state index < -0.39 is 11.2 Å². The van der Waals surface area contributed by atoms with E-state index in [1.54, 1.807) is 26.6 Å². The Bertz CT molecular complexity index is 1850. The molecule has 14 heteroatoms. The topological polar surface area (TPSA) is 105 Å². The van der Waals surface area contributed by atoms with Crippen molar-refractivity contribution in [2.45, 2.75) is 63.0 Å². The number of alkyl halides is 1. The first-order chi connectivity index (χ1) is 24.8. The van der Waals surface area contributed by atoms with Crippen LogP contribution < -0.4 is 20.2 Å². The van der Waals surface area contributed by atoms with Gasteiger partial charge in [0.1, 0.15) is 37.4 Å². The highest BCUT2D eigenvalue weighted by Crippen LogP contribution is 2.43. The van der Waals surface area contributed by atoms with Crippen LogP contribution >= 0.6 is 23.2 Å². The summed E-state index contributed by atoms with van der Waals surface area (Å²) in [5.41, 5.74) is 3.01. The molecule has 7 rings (SSSR count). The smallest absolute Gasteiger partial charge is 0.350 e. The summed E-state index contributed by atoms with van der Waals surface area (Å²) in [5.74, 6) is 0.586. The van der Waals surface area contributed by atoms with Gasteiger partial charge in [-0.15, -0.1) is 11.6 Å². The Hall–Kier alpha value is -4.10. The summed E-state index contributed by atoms with van der Waals surface area (Å²) in [6, 6.07) is 16.4. The number of hydrogen-bond acceptors (Lipinski definition) is 9. The van der Waals surface area contributed by atoms with Crippen LogP contribution in [0, 0.1) is 5.92 Å². The first-order valence-corrected chi connectivity index (χ1v) is 18.4. The van der Waals surface area contributed by atoms with Crippen LogP contribution in [0.15, 0.2) is 95.6 Å². The van der Waals surface area contributed by atoms with Crippen LogP contribution in [-0.2, 0) is 16.0 Å². The molecule has 0 saturated carbocycles. The average Bonchev–Trinajstić information content (AvgIpc) is 3.93. The standard InChI is InChI=1S/C37H44Cl2N8O4/c1-3-27(2)47-36(48)46(26-42-47)31-8-6-29(7-9-31)43-17-19-44(20-18-43)30-10-12-32(13-11-30)49-22-33-23-50-35(51-33)34-14-5-28(38)21-37(34,39)15-4-16-45-25-40-24-41-45/h5-14,21,24-27,33-35H,3-4,15-20,22-23H2,1-2H3/t27?,33-,34?,35?,37?/m0/s1. The molecule has 2 aromatic carbocycles. The predicted molar refractivity (Wildman–Crippen MR) is 198 cm³/mol. The summed E-state index contributed by atoms with van der Waals surface area (Å²) < 4.78 is 23.5. The van der Waals surface area contributed by atoms with Crippen molar-refractivity contribution in [3.05, 3.63) is 101 Å². The van der Waals surface area contributed by atoms with E-state index in [-0.39, 0.29) is 23.8 Å². The molecule has 0 bridgehead atoms. The summed E-state index contributed by atoms with van der Waals surface area (Å²) in [4.78, 5) is 20.8. The molecule has 4 heterocycles. The second-order valence-electron chi connectivity index (χ2n) is 13.3. The minimum atomic E-state index is -0.737. The van der Waals surface area contributed by atoms with Crippen LogP contribution in [0.3, 0.4) is 0 Å². The van der Waals surface area contributed by atoms with E-state index in [1.807, 2.05) is 49.4 Å². The first-order valence-electron chi connectivity index (χ1n) is 17.6. The lowest BCUT2D eigenvalue weighted by Gasteiger charge is -2.37. The lowest BCUT2D eigenvalue weighted by molar-refractivity contribution is -0.0952. The number of aryl methyl sites for hydroxylation is 1. The van der Waals surface area contributed by atoms with Crippen molar-refractivity contribution in [3.63, 3.8) is 0 Å². The third kappa shape index (κ3) is 8.04. The number of benzene rings is 2. The fourth-order valence-electron chi connectivity index (χ4n) is 6.85. The molecule has 2 fully saturated rings. The van der Waals surface area contributed by atoms with Gasteiger partial charge in [0, 0.05) is 49.1 Å². The van der Waals surface area contributed by atoms with Gasteiger partial charge in [0.25, 0.3) is 0 Å². The van der Waals surface area contributed by atoms with Crippen LogP contribution in [0.25, 0.3) is 5.69 Å². The number of piperazine rings is 1. The van der Waals surface area contributed by atoms with Gasteiger partial charge >= 0.3 is 5.69 Å². The van der Waals surface area contributed by atoms with Gasteiger partial charge in [-0.1, -0.05) is 24.6 Å². The van der Waals surface area contributed by atoms with Gasteiger partial charge in [0.2, 0.25) is 0 Å². The molecule has 5 atom stereocenters. The molecule has 4 unspecified atom stereocenters. The molecule has 2 aliphatic heterocycles. The molecule has 1 aliphatic carbocycles. The summed E-state index contributed by atoms with van der Waals surface area (Å²) in [5, 5.41) is 9.09. The van der Waals surface area contributed by atoms with E-state index in [1.165, 1.54) is 6.33 Å². The maximum absolute atomic E-state index is 12.8. The third-order valence-electron chi connectivity index (χ3n) is 9.99. The van der Waals surface area contributed by atoms with Gasteiger partial charge in [-0.3, -0.25) is 4.68 Å². The number of halogens is 2. The van der Waals surface area contributed by atoms with Crippen molar-refractivity contribution in [1.82, 2.24) is 29.1 Å². The van der Waals surface area contributed by atoms with Crippen molar-refractivity contribution < 1.29 is 14.2 Å². The Balaban J connectivity index is 0.869. The monoisotopic (exact) mass is 734 g/mol. The number of anilines is 2. The van der Waals surface area contributed by atoms with Crippen molar-refractivity contribution in [2.24, 2.45) is 5.92 Å². The second kappa shape index (κ2) is 15.6. The van der Waals surface area contributed by atoms with Gasteiger partial charge in [0.15, 0.2) is 6.29 Å². The number of allylic oxidation sites excluding steroid dienone is 3. The van der Waals surface area contributed by atoms with E-state index in [9.17, 15) is 4.79 Å². The molecule has 12 nitrogen and oxygen atoms in total. The minimum absolute atomic E-state index is 0.0677. The molecular formula is C37H44Cl2N8O4. The van der Waals surface area contributed by atoms with Crippen LogP contribution in [0.1, 0.15) is 39.2 Å². The first kappa shape index (κ1) is 35.3. The van der Waals surface area contributed by atoms with E-state index in [0.717, 1.165) is 61.8 Å². The largest absolute Gasteiger partial charge is 0.491 e. The highest BCUT2D eigenvalue weighted by Gasteiger charge is 2.44. The quantitative estimate of drug-likeness (QED) is 0.158. The molecule has 270 valence electrons. The summed E-state index contributed by atoms with van der Waals surface area (Å²) in [6.45, 7) is 9.15. The van der Waals surface area contributed by atoms with Gasteiger partial charge < -0.3 is 24.0 Å². The van der Waals surface area contributed by atoms with Crippen LogP contribution in [0.4, 0.5) is 11.4 Å². The summed E-state index contributed by atoms with van der Waals surface area (Å²) in [6.07, 6.45) is 12.2. The van der Waals surface area contributed by atoms with Crippen LogP contribution in [0.5, 0.6) is 5.75 Å². The Morgan fingerprint density at radius 2 is 1.67 bits per heavy atom. The van der Waals surface area contributed by atoms with E-state index >= 15 is 0 Å². The highest BCUT2D eigenvalue weighted by atomic mass is 35.5. The fourth-order valence-corrected chi connectivity index (χ4v) is 7.60. The molecule has 0 spiro atoms. The van der Waals surface area contributed by atoms with Gasteiger partial charge in [-0.2, -0.15) is 10.2 Å². The lowest BCUT2D eigenvalue weighted by Crippen LogP contribution is -2.46. The van der Waals surface area contributed by atoms with Crippen molar-refractivity contribution >= 4 is 34.6 Å². The zero-order chi connectivity index (χ0) is 35.4. The Morgan fingerprint density at radius 3 is 2.33 bits per heavy atom. The van der Waals surface area contributed by atoms with E-state index in [0.29, 0.717) is 31.2 Å². The maximum atomic E-state index is 12.8. The second-order valence-corrected chi connectivity index (χ2v) is 14.5. The zero-order valence-corrected chi connectivity index (χ0v) is 30.4. The summed E-state index contributed by atoms with van der Waals surface area (Å²) in [7, 11) is 0. The van der Waals surface area contributed by atoms with Crippen LogP contribution in [0.2, 0.25) is 0 Å². The molecule has 0 N–H and O–H groups in total. The zero-order valence-electron chi connectivity index (χ0n) is 28.9. The van der Waals surface area contributed by atoms with Gasteiger partial charge in [-0.05, 0) is 86.9 Å². The molecule has 51 heavy (non-hydrogen) atoms. The molecule has 4 aromatic rings. The minimum Gasteiger partial charge on any atom is -0.491 e. The number of aromatic nitrogens is 6. The molecule has 2 saturated heterocycles. The predicted octanol–water partition coefficient (Wildman–Crippen LogP) is 5.81. The van der Waals surface area contributed by atoms with Crippen molar-refractivity contribution in [3.8, 4) is 11.4 Å². The number of rotatable bonds is 13. The molecule has 3 aliphatic rings. The Kier molecular flexibility index (Phi) is 10.8. The van der Waals surface area contributed by atoms with E-state index in [2.05, 4.69) is 56.2 Å². The summed E-state index contributed by atoms with van der Waals surface area (Å²) >= 11 is 13.5. The van der Waals surface area contributed by atoms with Crippen LogP contribution in [-0.4, -0.2) is 85.8 Å². The fraction of sp³-hybridized carbons (Fsp3) is 0.459. The van der Waals surface area contributed by atoms with Crippen molar-refractivity contribution in [2.75, 3.05) is 49.2 Å².